The maximum Gasteiger partial charge on any atom is 0.163 e. The molecule has 1 heterocycles. The second kappa shape index (κ2) is 4.92. The number of benzene rings is 2. The summed E-state index contributed by atoms with van der Waals surface area (Å²) in [7, 11) is 1.87. The number of nitrogens with zero attached hydrogens (tertiary/aromatic N) is 1. The molecule has 0 spiro atoms. The molecule has 0 aromatic heterocycles. The summed E-state index contributed by atoms with van der Waals surface area (Å²) in [6.45, 7) is 1.05. The molecule has 0 fully saturated rings. The summed E-state index contributed by atoms with van der Waals surface area (Å²) < 4.78 is 24.0. The summed E-state index contributed by atoms with van der Waals surface area (Å²) in [5, 5.41) is 0. The van der Waals surface area contributed by atoms with Gasteiger partial charge in [-0.2, -0.15) is 0 Å². The van der Waals surface area contributed by atoms with Gasteiger partial charge in [-0.1, -0.05) is 0 Å². The van der Waals surface area contributed by atoms with Crippen LogP contribution in [0.4, 0.5) is 21.5 Å². The molecule has 1 aliphatic rings. The Morgan fingerprint density at radius 2 is 1.65 bits per heavy atom. The van der Waals surface area contributed by atoms with Crippen LogP contribution >= 0.6 is 0 Å². The van der Waals surface area contributed by atoms with E-state index in [1.807, 2.05) is 18.0 Å². The SMILES string of the molecule is CN(c1ccc(F)cc1)c1cc2c(cc1N)OCCO2. The summed E-state index contributed by atoms with van der Waals surface area (Å²) in [6, 6.07) is 9.83. The predicted octanol–water partition coefficient (Wildman–Crippen LogP) is 2.95. The third kappa shape index (κ3) is 2.22. The number of halogens is 1. The van der Waals surface area contributed by atoms with Gasteiger partial charge in [-0.05, 0) is 24.3 Å². The standard InChI is InChI=1S/C15H15FN2O2/c1-18(11-4-2-10(16)3-5-11)13-9-15-14(8-12(13)17)19-6-7-20-15/h2-5,8-9H,6-7,17H2,1H3. The Morgan fingerprint density at radius 1 is 1.05 bits per heavy atom. The van der Waals surface area contributed by atoms with Crippen molar-refractivity contribution in [3.63, 3.8) is 0 Å². The van der Waals surface area contributed by atoms with Crippen LogP contribution in [0.2, 0.25) is 0 Å². The van der Waals surface area contributed by atoms with Crippen molar-refractivity contribution in [2.75, 3.05) is 30.9 Å². The van der Waals surface area contributed by atoms with Gasteiger partial charge in [0.05, 0.1) is 11.4 Å². The van der Waals surface area contributed by atoms with E-state index in [0.29, 0.717) is 30.4 Å². The lowest BCUT2D eigenvalue weighted by Crippen LogP contribution is -2.17. The molecule has 104 valence electrons. The molecule has 0 saturated heterocycles. The molecule has 20 heavy (non-hydrogen) atoms. The average Bonchev–Trinajstić information content (AvgIpc) is 2.46. The number of rotatable bonds is 2. The highest BCUT2D eigenvalue weighted by Gasteiger charge is 2.17. The van der Waals surface area contributed by atoms with Gasteiger partial charge in [-0.25, -0.2) is 4.39 Å². The van der Waals surface area contributed by atoms with Crippen LogP contribution in [-0.4, -0.2) is 20.3 Å². The van der Waals surface area contributed by atoms with Gasteiger partial charge in [0.2, 0.25) is 0 Å². The highest BCUT2D eigenvalue weighted by molar-refractivity contribution is 5.78. The summed E-state index contributed by atoms with van der Waals surface area (Å²) in [6.07, 6.45) is 0. The van der Waals surface area contributed by atoms with Crippen molar-refractivity contribution in [1.82, 2.24) is 0 Å². The first-order valence-corrected chi connectivity index (χ1v) is 6.33. The van der Waals surface area contributed by atoms with Crippen molar-refractivity contribution in [2.45, 2.75) is 0 Å². The van der Waals surface area contributed by atoms with Crippen LogP contribution in [0.25, 0.3) is 0 Å². The van der Waals surface area contributed by atoms with Crippen LogP contribution < -0.4 is 20.1 Å². The first-order chi connectivity index (χ1) is 9.65. The third-order valence-electron chi connectivity index (χ3n) is 3.27. The van der Waals surface area contributed by atoms with Crippen molar-refractivity contribution in [3.8, 4) is 11.5 Å². The van der Waals surface area contributed by atoms with Gasteiger partial charge in [0, 0.05) is 24.9 Å². The Labute approximate surface area is 116 Å². The molecule has 0 atom stereocenters. The molecule has 0 aliphatic carbocycles. The minimum Gasteiger partial charge on any atom is -0.486 e. The van der Waals surface area contributed by atoms with Crippen molar-refractivity contribution in [3.05, 3.63) is 42.2 Å². The van der Waals surface area contributed by atoms with E-state index in [0.717, 1.165) is 11.4 Å². The quantitative estimate of drug-likeness (QED) is 0.855. The lowest BCUT2D eigenvalue weighted by atomic mass is 10.2. The van der Waals surface area contributed by atoms with Crippen LogP contribution in [-0.2, 0) is 0 Å². The number of hydrogen-bond acceptors (Lipinski definition) is 4. The van der Waals surface area contributed by atoms with E-state index >= 15 is 0 Å². The average molecular weight is 274 g/mol. The van der Waals surface area contributed by atoms with E-state index in [4.69, 9.17) is 15.2 Å². The first-order valence-electron chi connectivity index (χ1n) is 6.33. The summed E-state index contributed by atoms with van der Waals surface area (Å²) >= 11 is 0. The first kappa shape index (κ1) is 12.6. The van der Waals surface area contributed by atoms with Crippen molar-refractivity contribution in [2.24, 2.45) is 0 Å². The Balaban J connectivity index is 1.98. The van der Waals surface area contributed by atoms with E-state index in [-0.39, 0.29) is 5.82 Å². The number of anilines is 3. The second-order valence-corrected chi connectivity index (χ2v) is 4.59. The summed E-state index contributed by atoms with van der Waals surface area (Å²) in [5.74, 6) is 1.07. The molecular formula is C15H15FN2O2. The zero-order valence-corrected chi connectivity index (χ0v) is 11.1. The van der Waals surface area contributed by atoms with E-state index in [1.165, 1.54) is 12.1 Å². The smallest absolute Gasteiger partial charge is 0.163 e. The Hall–Kier alpha value is -2.43. The fraction of sp³-hybridized carbons (Fsp3) is 0.200. The fourth-order valence-corrected chi connectivity index (χ4v) is 2.19. The molecule has 0 unspecified atom stereocenters. The molecule has 2 aromatic carbocycles. The maximum absolute atomic E-state index is 13.0. The van der Waals surface area contributed by atoms with Crippen LogP contribution in [0.3, 0.4) is 0 Å². The third-order valence-corrected chi connectivity index (χ3v) is 3.27. The van der Waals surface area contributed by atoms with Crippen molar-refractivity contribution < 1.29 is 13.9 Å². The molecule has 0 radical (unpaired) electrons. The van der Waals surface area contributed by atoms with Gasteiger partial charge in [-0.15, -0.1) is 0 Å². The highest BCUT2D eigenvalue weighted by Crippen LogP contribution is 2.40. The number of ether oxygens (including phenoxy) is 2. The largest absolute Gasteiger partial charge is 0.486 e. The molecular weight excluding hydrogens is 259 g/mol. The van der Waals surface area contributed by atoms with E-state index in [9.17, 15) is 4.39 Å². The number of nitrogens with two attached hydrogens (primary N) is 1. The number of hydrogen-bond donors (Lipinski definition) is 1. The molecule has 2 aromatic rings. The Kier molecular flexibility index (Phi) is 3.10. The fourth-order valence-electron chi connectivity index (χ4n) is 2.19. The molecule has 4 nitrogen and oxygen atoms in total. The second-order valence-electron chi connectivity index (χ2n) is 4.59. The lowest BCUT2D eigenvalue weighted by molar-refractivity contribution is 0.172. The molecule has 5 heteroatoms. The van der Waals surface area contributed by atoms with E-state index < -0.39 is 0 Å². The maximum atomic E-state index is 13.0. The zero-order chi connectivity index (χ0) is 14.1. The van der Waals surface area contributed by atoms with Crippen LogP contribution in [0.1, 0.15) is 0 Å². The van der Waals surface area contributed by atoms with Gasteiger partial charge in [-0.3, -0.25) is 0 Å². The van der Waals surface area contributed by atoms with E-state index in [2.05, 4.69) is 0 Å². The van der Waals surface area contributed by atoms with Crippen molar-refractivity contribution >= 4 is 17.1 Å². The van der Waals surface area contributed by atoms with Crippen LogP contribution in [0.5, 0.6) is 11.5 Å². The van der Waals surface area contributed by atoms with E-state index in [1.54, 1.807) is 18.2 Å². The normalized spacial score (nSPS) is 13.1. The molecule has 2 N–H and O–H groups in total. The molecule has 0 bridgehead atoms. The zero-order valence-electron chi connectivity index (χ0n) is 11.1. The van der Waals surface area contributed by atoms with Gasteiger partial charge >= 0.3 is 0 Å². The van der Waals surface area contributed by atoms with Crippen LogP contribution in [0.15, 0.2) is 36.4 Å². The molecule has 0 saturated carbocycles. The van der Waals surface area contributed by atoms with Gasteiger partial charge in [0.15, 0.2) is 11.5 Å². The highest BCUT2D eigenvalue weighted by atomic mass is 19.1. The molecule has 3 rings (SSSR count). The Morgan fingerprint density at radius 3 is 2.30 bits per heavy atom. The minimum absolute atomic E-state index is 0.266. The van der Waals surface area contributed by atoms with Gasteiger partial charge in [0.1, 0.15) is 19.0 Å². The van der Waals surface area contributed by atoms with Gasteiger partial charge < -0.3 is 20.1 Å². The van der Waals surface area contributed by atoms with Crippen molar-refractivity contribution in [1.29, 1.82) is 0 Å². The topological polar surface area (TPSA) is 47.7 Å². The monoisotopic (exact) mass is 274 g/mol. The van der Waals surface area contributed by atoms with Crippen LogP contribution in [0, 0.1) is 5.82 Å². The summed E-state index contributed by atoms with van der Waals surface area (Å²) in [5.41, 5.74) is 8.28. The minimum atomic E-state index is -0.266. The Bertz CT molecular complexity index is 629. The predicted molar refractivity (Wildman–Crippen MR) is 76.3 cm³/mol. The van der Waals surface area contributed by atoms with Gasteiger partial charge in [0.25, 0.3) is 0 Å². The number of nitrogen functional groups attached to an aromatic ring is 1. The molecule has 1 aliphatic heterocycles. The summed E-state index contributed by atoms with van der Waals surface area (Å²) in [4.78, 5) is 1.88. The number of fused-ring (bicyclic) bond motifs is 1. The molecule has 0 amide bonds. The lowest BCUT2D eigenvalue weighted by Gasteiger charge is -2.25.